The molecule has 2 amide bonds. The number of amides is 2. The summed E-state index contributed by atoms with van der Waals surface area (Å²) in [5.41, 5.74) is 0.522. The van der Waals surface area contributed by atoms with Crippen molar-refractivity contribution in [1.29, 1.82) is 0 Å². The maximum atomic E-state index is 12.7. The SMILES string of the molecule is O=C1CC[C@@](c2ccccc2)(C2CCNCC2)C(=O)N1. The van der Waals surface area contributed by atoms with Crippen LogP contribution in [0.2, 0.25) is 0 Å². The van der Waals surface area contributed by atoms with Gasteiger partial charge in [0.15, 0.2) is 0 Å². The van der Waals surface area contributed by atoms with Crippen LogP contribution >= 0.6 is 0 Å². The number of rotatable bonds is 2. The van der Waals surface area contributed by atoms with Crippen LogP contribution in [0.5, 0.6) is 0 Å². The van der Waals surface area contributed by atoms with Gasteiger partial charge in [-0.25, -0.2) is 0 Å². The number of hydrogen-bond acceptors (Lipinski definition) is 3. The van der Waals surface area contributed by atoms with E-state index in [4.69, 9.17) is 0 Å². The molecule has 4 nitrogen and oxygen atoms in total. The number of hydrogen-bond donors (Lipinski definition) is 2. The van der Waals surface area contributed by atoms with Gasteiger partial charge in [0.05, 0.1) is 5.41 Å². The monoisotopic (exact) mass is 272 g/mol. The number of carbonyl (C=O) groups is 2. The second kappa shape index (κ2) is 5.37. The van der Waals surface area contributed by atoms with Crippen molar-refractivity contribution < 1.29 is 9.59 Å². The summed E-state index contributed by atoms with van der Waals surface area (Å²) in [5, 5.41) is 5.92. The molecule has 0 aromatic heterocycles. The number of carbonyl (C=O) groups excluding carboxylic acids is 2. The van der Waals surface area contributed by atoms with E-state index in [-0.39, 0.29) is 11.8 Å². The van der Waals surface area contributed by atoms with Gasteiger partial charge in [-0.2, -0.15) is 0 Å². The van der Waals surface area contributed by atoms with Crippen LogP contribution in [0.3, 0.4) is 0 Å². The fraction of sp³-hybridized carbons (Fsp3) is 0.500. The number of nitrogens with one attached hydrogen (secondary N) is 2. The van der Waals surface area contributed by atoms with Crippen molar-refractivity contribution in [3.05, 3.63) is 35.9 Å². The first-order chi connectivity index (χ1) is 9.73. The maximum absolute atomic E-state index is 12.7. The van der Waals surface area contributed by atoms with Crippen molar-refractivity contribution in [2.45, 2.75) is 31.1 Å². The van der Waals surface area contributed by atoms with E-state index in [2.05, 4.69) is 10.6 Å². The van der Waals surface area contributed by atoms with Gasteiger partial charge < -0.3 is 5.32 Å². The lowest BCUT2D eigenvalue weighted by atomic mass is 9.62. The summed E-state index contributed by atoms with van der Waals surface area (Å²) in [4.78, 5) is 24.2. The molecule has 1 aromatic carbocycles. The summed E-state index contributed by atoms with van der Waals surface area (Å²) in [6, 6.07) is 9.96. The van der Waals surface area contributed by atoms with Crippen LogP contribution in [0.1, 0.15) is 31.2 Å². The average molecular weight is 272 g/mol. The molecule has 0 bridgehead atoms. The Hall–Kier alpha value is -1.68. The van der Waals surface area contributed by atoms with Gasteiger partial charge in [0.25, 0.3) is 0 Å². The minimum atomic E-state index is -0.530. The van der Waals surface area contributed by atoms with Gasteiger partial charge in [0.1, 0.15) is 0 Å². The van der Waals surface area contributed by atoms with E-state index >= 15 is 0 Å². The summed E-state index contributed by atoms with van der Waals surface area (Å²) >= 11 is 0. The quantitative estimate of drug-likeness (QED) is 0.799. The third-order valence-corrected chi connectivity index (χ3v) is 4.73. The predicted octanol–water partition coefficient (Wildman–Crippen LogP) is 1.36. The first kappa shape index (κ1) is 13.3. The third kappa shape index (κ3) is 2.14. The molecule has 0 unspecified atom stereocenters. The molecule has 1 aromatic rings. The lowest BCUT2D eigenvalue weighted by Gasteiger charge is -2.44. The van der Waals surface area contributed by atoms with Gasteiger partial charge in [0.2, 0.25) is 11.8 Å². The average Bonchev–Trinajstić information content (AvgIpc) is 2.50. The Bertz CT molecular complexity index is 508. The number of imide groups is 1. The van der Waals surface area contributed by atoms with Crippen LogP contribution in [-0.4, -0.2) is 24.9 Å². The van der Waals surface area contributed by atoms with Crippen LogP contribution in [0.25, 0.3) is 0 Å². The molecule has 2 fully saturated rings. The molecule has 2 aliphatic heterocycles. The highest BCUT2D eigenvalue weighted by Crippen LogP contribution is 2.43. The van der Waals surface area contributed by atoms with Crippen molar-refractivity contribution >= 4 is 11.8 Å². The highest BCUT2D eigenvalue weighted by molar-refractivity contribution is 6.03. The zero-order valence-electron chi connectivity index (χ0n) is 11.5. The Morgan fingerprint density at radius 1 is 1.05 bits per heavy atom. The molecule has 20 heavy (non-hydrogen) atoms. The first-order valence-corrected chi connectivity index (χ1v) is 7.34. The fourth-order valence-electron chi connectivity index (χ4n) is 3.68. The molecule has 4 heteroatoms. The molecule has 1 atom stereocenters. The van der Waals surface area contributed by atoms with Crippen LogP contribution in [0.15, 0.2) is 30.3 Å². The second-order valence-electron chi connectivity index (χ2n) is 5.74. The van der Waals surface area contributed by atoms with E-state index in [9.17, 15) is 9.59 Å². The maximum Gasteiger partial charge on any atom is 0.237 e. The summed E-state index contributed by atoms with van der Waals surface area (Å²) < 4.78 is 0. The Labute approximate surface area is 118 Å². The minimum Gasteiger partial charge on any atom is -0.317 e. The zero-order valence-corrected chi connectivity index (χ0v) is 11.5. The highest BCUT2D eigenvalue weighted by atomic mass is 16.2. The van der Waals surface area contributed by atoms with Gasteiger partial charge in [-0.05, 0) is 43.8 Å². The molecule has 3 rings (SSSR count). The van der Waals surface area contributed by atoms with E-state index in [1.807, 2.05) is 30.3 Å². The van der Waals surface area contributed by atoms with Crippen molar-refractivity contribution in [2.75, 3.05) is 13.1 Å². The molecule has 2 aliphatic rings. The minimum absolute atomic E-state index is 0.105. The topological polar surface area (TPSA) is 58.2 Å². The van der Waals surface area contributed by atoms with Crippen molar-refractivity contribution in [3.63, 3.8) is 0 Å². The Kier molecular flexibility index (Phi) is 3.57. The molecule has 106 valence electrons. The Balaban J connectivity index is 2.02. The summed E-state index contributed by atoms with van der Waals surface area (Å²) in [6.07, 6.45) is 3.03. The number of benzene rings is 1. The van der Waals surface area contributed by atoms with Gasteiger partial charge in [0, 0.05) is 6.42 Å². The van der Waals surface area contributed by atoms with E-state index in [1.54, 1.807) is 0 Å². The molecule has 0 saturated carbocycles. The molecule has 0 spiro atoms. The second-order valence-corrected chi connectivity index (χ2v) is 5.74. The first-order valence-electron chi connectivity index (χ1n) is 7.34. The van der Waals surface area contributed by atoms with E-state index in [1.165, 1.54) is 0 Å². The summed E-state index contributed by atoms with van der Waals surface area (Å²) in [7, 11) is 0. The molecule has 2 N–H and O–H groups in total. The molecular weight excluding hydrogens is 252 g/mol. The Morgan fingerprint density at radius 2 is 1.75 bits per heavy atom. The van der Waals surface area contributed by atoms with Gasteiger partial charge in [-0.15, -0.1) is 0 Å². The van der Waals surface area contributed by atoms with Crippen LogP contribution in [0.4, 0.5) is 0 Å². The highest BCUT2D eigenvalue weighted by Gasteiger charge is 2.49. The van der Waals surface area contributed by atoms with Crippen molar-refractivity contribution in [1.82, 2.24) is 10.6 Å². The molecule has 2 heterocycles. The summed E-state index contributed by atoms with van der Waals surface area (Å²) in [5.74, 6) is 0.0570. The van der Waals surface area contributed by atoms with Crippen LogP contribution in [0, 0.1) is 5.92 Å². The lowest BCUT2D eigenvalue weighted by Crippen LogP contribution is -2.56. The fourth-order valence-corrected chi connectivity index (χ4v) is 3.68. The Morgan fingerprint density at radius 3 is 2.40 bits per heavy atom. The summed E-state index contributed by atoms with van der Waals surface area (Å²) in [6.45, 7) is 1.89. The molecular formula is C16H20N2O2. The van der Waals surface area contributed by atoms with Gasteiger partial charge in [-0.3, -0.25) is 14.9 Å². The van der Waals surface area contributed by atoms with Crippen LogP contribution in [-0.2, 0) is 15.0 Å². The molecule has 0 aliphatic carbocycles. The van der Waals surface area contributed by atoms with E-state index in [0.29, 0.717) is 18.8 Å². The largest absolute Gasteiger partial charge is 0.317 e. The number of piperidine rings is 2. The standard InChI is InChI=1S/C16H20N2O2/c19-14-6-9-16(15(20)18-14,12-4-2-1-3-5-12)13-7-10-17-11-8-13/h1-5,13,17H,6-11H2,(H,18,19,20)/t16-/m1/s1. The smallest absolute Gasteiger partial charge is 0.237 e. The van der Waals surface area contributed by atoms with Gasteiger partial charge >= 0.3 is 0 Å². The van der Waals surface area contributed by atoms with E-state index in [0.717, 1.165) is 31.5 Å². The predicted molar refractivity (Wildman–Crippen MR) is 76.1 cm³/mol. The van der Waals surface area contributed by atoms with Crippen molar-refractivity contribution in [2.24, 2.45) is 5.92 Å². The van der Waals surface area contributed by atoms with Crippen molar-refractivity contribution in [3.8, 4) is 0 Å². The van der Waals surface area contributed by atoms with Gasteiger partial charge in [-0.1, -0.05) is 30.3 Å². The molecule has 0 radical (unpaired) electrons. The van der Waals surface area contributed by atoms with E-state index < -0.39 is 5.41 Å². The van der Waals surface area contributed by atoms with Crippen LogP contribution < -0.4 is 10.6 Å². The molecule has 2 saturated heterocycles. The normalized spacial score (nSPS) is 28.2. The lowest BCUT2D eigenvalue weighted by molar-refractivity contribution is -0.140. The zero-order chi connectivity index (χ0) is 14.0. The third-order valence-electron chi connectivity index (χ3n) is 4.73.